The molecule has 0 saturated carbocycles. The van der Waals surface area contributed by atoms with E-state index in [1.807, 2.05) is 24.3 Å². The van der Waals surface area contributed by atoms with Gasteiger partial charge in [-0.05, 0) is 67.6 Å². The SMILES string of the molecule is NC(=O)[C@H](CCC(=O)O)N1Cc2cc(O[C@H]3CCN(Cc4ccc5nc(C6CCOCC6)ccc5c4F)C3)ccc2C1=O. The maximum Gasteiger partial charge on any atom is 0.303 e. The minimum absolute atomic E-state index is 0.0443. The molecule has 1 aromatic heterocycles. The molecule has 3 aromatic rings. The topological polar surface area (TPSA) is 135 Å². The van der Waals surface area contributed by atoms with Crippen molar-refractivity contribution < 1.29 is 33.4 Å². The van der Waals surface area contributed by atoms with Crippen LogP contribution in [0.5, 0.6) is 5.75 Å². The molecule has 0 radical (unpaired) electrons. The number of carbonyl (C=O) groups excluding carboxylic acids is 2. The van der Waals surface area contributed by atoms with E-state index in [1.165, 1.54) is 4.90 Å². The highest BCUT2D eigenvalue weighted by Crippen LogP contribution is 2.32. The molecule has 43 heavy (non-hydrogen) atoms. The van der Waals surface area contributed by atoms with Gasteiger partial charge in [0.05, 0.1) is 5.52 Å². The molecule has 3 N–H and O–H groups in total. The highest BCUT2D eigenvalue weighted by atomic mass is 19.1. The molecule has 3 aliphatic heterocycles. The van der Waals surface area contributed by atoms with Crippen LogP contribution in [0.15, 0.2) is 42.5 Å². The molecular weight excluding hydrogens is 555 g/mol. The Morgan fingerprint density at radius 3 is 2.72 bits per heavy atom. The number of aromatic nitrogens is 1. The summed E-state index contributed by atoms with van der Waals surface area (Å²) in [6.45, 7) is 3.46. The lowest BCUT2D eigenvalue weighted by Gasteiger charge is -2.24. The molecule has 0 bridgehead atoms. The lowest BCUT2D eigenvalue weighted by molar-refractivity contribution is -0.137. The number of nitrogens with two attached hydrogens (primary N) is 1. The van der Waals surface area contributed by atoms with Gasteiger partial charge in [-0.25, -0.2) is 4.39 Å². The predicted molar refractivity (Wildman–Crippen MR) is 155 cm³/mol. The van der Waals surface area contributed by atoms with Gasteiger partial charge in [-0.1, -0.05) is 6.07 Å². The third-order valence-corrected chi connectivity index (χ3v) is 8.72. The van der Waals surface area contributed by atoms with Crippen LogP contribution >= 0.6 is 0 Å². The van der Waals surface area contributed by atoms with Crippen molar-refractivity contribution in [2.45, 2.75) is 63.3 Å². The molecule has 2 amide bonds. The minimum Gasteiger partial charge on any atom is -0.489 e. The van der Waals surface area contributed by atoms with Gasteiger partial charge in [-0.3, -0.25) is 24.3 Å². The number of aliphatic carboxylic acids is 1. The molecular formula is C32H35FN4O6. The standard InChI is InChI=1S/C32H35FN4O6/c33-30-20(1-5-27-25(30)4-6-26(35-27)19-10-13-42-14-11-19)16-36-12-9-23(18-36)43-22-2-3-24-21(15-22)17-37(32(24)41)28(31(34)40)7-8-29(38)39/h1-6,15,19,23,28H,7-14,16-18H2,(H2,34,40)(H,38,39)/t23-,28-/m0/s1. The van der Waals surface area contributed by atoms with E-state index in [4.69, 9.17) is 25.3 Å². The monoisotopic (exact) mass is 590 g/mol. The smallest absolute Gasteiger partial charge is 0.303 e. The first-order chi connectivity index (χ1) is 20.8. The van der Waals surface area contributed by atoms with Gasteiger partial charge in [0.15, 0.2) is 0 Å². The van der Waals surface area contributed by atoms with E-state index in [1.54, 1.807) is 18.2 Å². The number of amides is 2. The molecule has 3 aliphatic rings. The number of ether oxygens (including phenoxy) is 2. The first kappa shape index (κ1) is 29.0. The molecule has 11 heteroatoms. The van der Waals surface area contributed by atoms with Crippen molar-refractivity contribution in [1.82, 2.24) is 14.8 Å². The molecule has 0 unspecified atom stereocenters. The van der Waals surface area contributed by atoms with E-state index >= 15 is 4.39 Å². The van der Waals surface area contributed by atoms with Crippen molar-refractivity contribution in [3.8, 4) is 5.75 Å². The maximum absolute atomic E-state index is 15.5. The highest BCUT2D eigenvalue weighted by molar-refractivity contribution is 6.01. The molecule has 10 nitrogen and oxygen atoms in total. The molecule has 2 fully saturated rings. The lowest BCUT2D eigenvalue weighted by atomic mass is 9.95. The Labute approximate surface area is 248 Å². The van der Waals surface area contributed by atoms with Crippen LogP contribution in [0, 0.1) is 5.82 Å². The van der Waals surface area contributed by atoms with Gasteiger partial charge in [-0.2, -0.15) is 0 Å². The Kier molecular flexibility index (Phi) is 8.27. The van der Waals surface area contributed by atoms with E-state index < -0.39 is 17.9 Å². The molecule has 4 heterocycles. The number of nitrogens with zero attached hydrogens (tertiary/aromatic N) is 3. The van der Waals surface area contributed by atoms with Gasteiger partial charge in [0.2, 0.25) is 5.91 Å². The molecule has 226 valence electrons. The molecule has 0 spiro atoms. The summed E-state index contributed by atoms with van der Waals surface area (Å²) in [5.74, 6) is -1.43. The van der Waals surface area contributed by atoms with Crippen LogP contribution in [-0.2, 0) is 27.4 Å². The van der Waals surface area contributed by atoms with Gasteiger partial charge in [0, 0.05) is 73.9 Å². The quantitative estimate of drug-likeness (QED) is 0.366. The highest BCUT2D eigenvalue weighted by Gasteiger charge is 2.36. The summed E-state index contributed by atoms with van der Waals surface area (Å²) in [4.78, 5) is 44.2. The Balaban J connectivity index is 1.07. The number of primary amides is 1. The van der Waals surface area contributed by atoms with E-state index in [2.05, 4.69) is 4.90 Å². The average molecular weight is 591 g/mol. The number of fused-ring (bicyclic) bond motifs is 2. The van der Waals surface area contributed by atoms with Gasteiger partial charge in [-0.15, -0.1) is 0 Å². The van der Waals surface area contributed by atoms with Crippen molar-refractivity contribution in [2.24, 2.45) is 5.73 Å². The van der Waals surface area contributed by atoms with Crippen LogP contribution < -0.4 is 10.5 Å². The number of carboxylic acids is 1. The van der Waals surface area contributed by atoms with Crippen molar-refractivity contribution in [1.29, 1.82) is 0 Å². The zero-order valence-electron chi connectivity index (χ0n) is 23.8. The van der Waals surface area contributed by atoms with Crippen molar-refractivity contribution >= 4 is 28.7 Å². The van der Waals surface area contributed by atoms with Crippen molar-refractivity contribution in [3.63, 3.8) is 0 Å². The van der Waals surface area contributed by atoms with Crippen LogP contribution in [0.25, 0.3) is 10.9 Å². The first-order valence-electron chi connectivity index (χ1n) is 14.8. The number of rotatable bonds is 10. The number of likely N-dealkylation sites (tertiary alicyclic amines) is 1. The average Bonchev–Trinajstić information content (AvgIpc) is 3.57. The third-order valence-electron chi connectivity index (χ3n) is 8.72. The van der Waals surface area contributed by atoms with Gasteiger partial charge in [0.1, 0.15) is 23.7 Å². The number of hydrogen-bond acceptors (Lipinski definition) is 7. The van der Waals surface area contributed by atoms with Crippen molar-refractivity contribution in [2.75, 3.05) is 26.3 Å². The summed E-state index contributed by atoms with van der Waals surface area (Å²) >= 11 is 0. The summed E-state index contributed by atoms with van der Waals surface area (Å²) in [6, 6.07) is 11.7. The van der Waals surface area contributed by atoms with Crippen LogP contribution in [-0.4, -0.2) is 76.1 Å². The fourth-order valence-electron chi connectivity index (χ4n) is 6.40. The second-order valence-electron chi connectivity index (χ2n) is 11.6. The fraction of sp³-hybridized carbons (Fsp3) is 0.438. The lowest BCUT2D eigenvalue weighted by Crippen LogP contribution is -2.45. The fourth-order valence-corrected chi connectivity index (χ4v) is 6.40. The number of carbonyl (C=O) groups is 3. The summed E-state index contributed by atoms with van der Waals surface area (Å²) in [7, 11) is 0. The Hall–Kier alpha value is -4.09. The summed E-state index contributed by atoms with van der Waals surface area (Å²) < 4.78 is 27.2. The number of pyridine rings is 1. The zero-order valence-corrected chi connectivity index (χ0v) is 23.8. The molecule has 6 rings (SSSR count). The number of hydrogen-bond donors (Lipinski definition) is 2. The van der Waals surface area contributed by atoms with Crippen LogP contribution in [0.4, 0.5) is 4.39 Å². The van der Waals surface area contributed by atoms with Crippen LogP contribution in [0.1, 0.15) is 65.2 Å². The van der Waals surface area contributed by atoms with Crippen LogP contribution in [0.3, 0.4) is 0 Å². The van der Waals surface area contributed by atoms with Crippen LogP contribution in [0.2, 0.25) is 0 Å². The van der Waals surface area contributed by atoms with Gasteiger partial charge in [0.25, 0.3) is 5.91 Å². The summed E-state index contributed by atoms with van der Waals surface area (Å²) in [5.41, 5.74) is 8.93. The van der Waals surface area contributed by atoms with E-state index in [0.29, 0.717) is 52.4 Å². The number of halogens is 1. The molecule has 0 aliphatic carbocycles. The van der Waals surface area contributed by atoms with Gasteiger partial charge >= 0.3 is 5.97 Å². The predicted octanol–water partition coefficient (Wildman–Crippen LogP) is 3.60. The largest absolute Gasteiger partial charge is 0.489 e. The molecule has 2 aromatic carbocycles. The summed E-state index contributed by atoms with van der Waals surface area (Å²) in [5, 5.41) is 9.54. The van der Waals surface area contributed by atoms with E-state index in [0.717, 1.165) is 44.7 Å². The molecule has 2 atom stereocenters. The van der Waals surface area contributed by atoms with Crippen molar-refractivity contribution in [3.05, 3.63) is 70.7 Å². The number of carboxylic acid groups (broad SMARTS) is 1. The molecule has 2 saturated heterocycles. The second-order valence-corrected chi connectivity index (χ2v) is 11.6. The minimum atomic E-state index is -1.06. The Morgan fingerprint density at radius 2 is 1.95 bits per heavy atom. The summed E-state index contributed by atoms with van der Waals surface area (Å²) in [6.07, 6.45) is 2.22. The van der Waals surface area contributed by atoms with Gasteiger partial charge < -0.3 is 25.2 Å². The number of benzene rings is 2. The van der Waals surface area contributed by atoms with E-state index in [-0.39, 0.29) is 37.2 Å². The second kappa shape index (κ2) is 12.3. The Morgan fingerprint density at radius 1 is 1.14 bits per heavy atom. The third kappa shape index (κ3) is 6.18. The van der Waals surface area contributed by atoms with E-state index in [9.17, 15) is 14.4 Å². The Bertz CT molecular complexity index is 1560. The normalized spacial score (nSPS) is 20.0. The maximum atomic E-state index is 15.5. The first-order valence-corrected chi connectivity index (χ1v) is 14.8. The zero-order chi connectivity index (χ0) is 30.1.